The number of aromatic nitrogens is 2. The highest BCUT2D eigenvalue weighted by molar-refractivity contribution is 5.82. The van der Waals surface area contributed by atoms with Crippen LogP contribution in [-0.4, -0.2) is 58.3 Å². The molecule has 0 atom stereocenters. The molecule has 1 saturated heterocycles. The minimum absolute atomic E-state index is 0.157. The van der Waals surface area contributed by atoms with Gasteiger partial charge in [-0.3, -0.25) is 9.80 Å². The van der Waals surface area contributed by atoms with Gasteiger partial charge in [0.2, 0.25) is 11.7 Å². The molecule has 0 aliphatic carbocycles. The molecule has 1 N–H and O–H groups in total. The first-order valence-electron chi connectivity index (χ1n) is 11.7. The van der Waals surface area contributed by atoms with Crippen molar-refractivity contribution in [1.82, 2.24) is 19.9 Å². The van der Waals surface area contributed by atoms with Gasteiger partial charge in [-0.2, -0.15) is 4.98 Å². The molecule has 5 rings (SSSR count). The molecule has 9 nitrogen and oxygen atoms in total. The number of hydrogen-bond donors (Lipinski definition) is 1. The average molecular weight is 477 g/mol. The molecule has 0 bridgehead atoms. The third kappa shape index (κ3) is 5.06. The molecule has 0 unspecified atom stereocenters. The zero-order chi connectivity index (χ0) is 24.4. The van der Waals surface area contributed by atoms with Crippen LogP contribution in [0, 0.1) is 0 Å². The Morgan fingerprint density at radius 2 is 1.71 bits per heavy atom. The van der Waals surface area contributed by atoms with E-state index in [0.29, 0.717) is 36.8 Å². The highest BCUT2D eigenvalue weighted by atomic mass is 16.5. The highest BCUT2D eigenvalue weighted by Gasteiger charge is 2.21. The number of aryl methyl sites for hydroxylation is 1. The van der Waals surface area contributed by atoms with Gasteiger partial charge in [0.05, 0.1) is 13.7 Å². The van der Waals surface area contributed by atoms with Crippen molar-refractivity contribution in [3.8, 4) is 22.9 Å². The molecule has 0 amide bonds. The summed E-state index contributed by atoms with van der Waals surface area (Å²) in [5.41, 5.74) is 2.65. The molecular formula is C26H28N4O5. The number of ether oxygens (including phenoxy) is 1. The number of phenolic OH excluding ortho intramolecular Hbond substituents is 1. The minimum atomic E-state index is -0.404. The lowest BCUT2D eigenvalue weighted by atomic mass is 10.0. The Kier molecular flexibility index (Phi) is 6.52. The summed E-state index contributed by atoms with van der Waals surface area (Å²) < 4.78 is 16.0. The Morgan fingerprint density at radius 1 is 1.00 bits per heavy atom. The third-order valence-corrected chi connectivity index (χ3v) is 6.44. The second-order valence-corrected chi connectivity index (χ2v) is 8.71. The van der Waals surface area contributed by atoms with Gasteiger partial charge in [-0.25, -0.2) is 4.79 Å². The number of benzene rings is 2. The summed E-state index contributed by atoms with van der Waals surface area (Å²) in [6.07, 6.45) is 0.703. The molecule has 0 saturated carbocycles. The van der Waals surface area contributed by atoms with Gasteiger partial charge in [-0.1, -0.05) is 12.1 Å². The van der Waals surface area contributed by atoms with Crippen molar-refractivity contribution in [2.45, 2.75) is 26.4 Å². The van der Waals surface area contributed by atoms with Gasteiger partial charge < -0.3 is 18.8 Å². The lowest BCUT2D eigenvalue weighted by Gasteiger charge is -2.34. The summed E-state index contributed by atoms with van der Waals surface area (Å²) in [6, 6.07) is 12.6. The van der Waals surface area contributed by atoms with Crippen molar-refractivity contribution in [3.63, 3.8) is 0 Å². The zero-order valence-corrected chi connectivity index (χ0v) is 19.9. The van der Waals surface area contributed by atoms with Gasteiger partial charge in [0, 0.05) is 55.8 Å². The number of piperazine rings is 1. The fourth-order valence-electron chi connectivity index (χ4n) is 4.44. The predicted octanol–water partition coefficient (Wildman–Crippen LogP) is 3.44. The van der Waals surface area contributed by atoms with Gasteiger partial charge in [0.25, 0.3) is 0 Å². The van der Waals surface area contributed by atoms with Crippen LogP contribution in [0.5, 0.6) is 11.5 Å². The molecule has 1 aliphatic rings. The number of nitrogens with zero attached hydrogens (tertiary/aromatic N) is 4. The summed E-state index contributed by atoms with van der Waals surface area (Å²) in [5.74, 6) is 2.09. The van der Waals surface area contributed by atoms with E-state index in [0.717, 1.165) is 54.0 Å². The molecule has 182 valence electrons. The van der Waals surface area contributed by atoms with E-state index in [1.54, 1.807) is 19.2 Å². The summed E-state index contributed by atoms with van der Waals surface area (Å²) in [6.45, 7) is 6.61. The van der Waals surface area contributed by atoms with E-state index in [1.807, 2.05) is 37.3 Å². The Labute approximate surface area is 202 Å². The molecule has 1 aliphatic heterocycles. The van der Waals surface area contributed by atoms with Crippen LogP contribution < -0.4 is 10.4 Å². The quantitative estimate of drug-likeness (QED) is 0.402. The zero-order valence-electron chi connectivity index (χ0n) is 19.9. The molecule has 2 aromatic carbocycles. The van der Waals surface area contributed by atoms with Crippen LogP contribution in [0.3, 0.4) is 0 Å². The lowest BCUT2D eigenvalue weighted by Crippen LogP contribution is -2.45. The monoisotopic (exact) mass is 476 g/mol. The number of rotatable bonds is 7. The van der Waals surface area contributed by atoms with Crippen LogP contribution in [0.15, 0.2) is 56.2 Å². The molecule has 0 radical (unpaired) electrons. The molecular weight excluding hydrogens is 448 g/mol. The van der Waals surface area contributed by atoms with Crippen LogP contribution in [-0.2, 0) is 19.5 Å². The number of methoxy groups -OCH3 is 1. The number of fused-ring (bicyclic) bond motifs is 1. The van der Waals surface area contributed by atoms with Gasteiger partial charge in [0.1, 0.15) is 17.1 Å². The van der Waals surface area contributed by atoms with E-state index in [4.69, 9.17) is 13.7 Å². The van der Waals surface area contributed by atoms with E-state index >= 15 is 0 Å². The maximum Gasteiger partial charge on any atom is 0.336 e. The van der Waals surface area contributed by atoms with Crippen LogP contribution >= 0.6 is 0 Å². The number of phenols is 1. The summed E-state index contributed by atoms with van der Waals surface area (Å²) in [4.78, 5) is 21.2. The summed E-state index contributed by atoms with van der Waals surface area (Å²) in [5, 5.41) is 15.1. The Balaban J connectivity index is 1.22. The maximum atomic E-state index is 12.1. The first-order valence-corrected chi connectivity index (χ1v) is 11.7. The first-order chi connectivity index (χ1) is 17.0. The van der Waals surface area contributed by atoms with Crippen molar-refractivity contribution >= 4 is 11.0 Å². The van der Waals surface area contributed by atoms with Gasteiger partial charge >= 0.3 is 5.63 Å². The van der Waals surface area contributed by atoms with Crippen LogP contribution in [0.1, 0.15) is 23.9 Å². The van der Waals surface area contributed by atoms with Crippen molar-refractivity contribution in [2.24, 2.45) is 0 Å². The number of aromatic hydroxyl groups is 1. The topological polar surface area (TPSA) is 105 Å². The first kappa shape index (κ1) is 23.1. The van der Waals surface area contributed by atoms with E-state index < -0.39 is 5.63 Å². The molecule has 4 aromatic rings. The second-order valence-electron chi connectivity index (χ2n) is 8.71. The van der Waals surface area contributed by atoms with Crippen molar-refractivity contribution in [1.29, 1.82) is 0 Å². The number of hydrogen-bond acceptors (Lipinski definition) is 9. The maximum absolute atomic E-state index is 12.1. The molecule has 2 aromatic heterocycles. The fraction of sp³-hybridized carbons (Fsp3) is 0.346. The smallest absolute Gasteiger partial charge is 0.336 e. The van der Waals surface area contributed by atoms with Gasteiger partial charge in [-0.05, 0) is 47.9 Å². The van der Waals surface area contributed by atoms with E-state index in [9.17, 15) is 9.90 Å². The van der Waals surface area contributed by atoms with Crippen molar-refractivity contribution in [2.75, 3.05) is 33.3 Å². The average Bonchev–Trinajstić information content (AvgIpc) is 3.33. The van der Waals surface area contributed by atoms with Gasteiger partial charge in [-0.15, -0.1) is 0 Å². The van der Waals surface area contributed by atoms with Crippen LogP contribution in [0.25, 0.3) is 22.4 Å². The normalized spacial score (nSPS) is 15.0. The second kappa shape index (κ2) is 9.89. The van der Waals surface area contributed by atoms with E-state index in [-0.39, 0.29) is 5.75 Å². The molecule has 9 heteroatoms. The summed E-state index contributed by atoms with van der Waals surface area (Å²) >= 11 is 0. The SMILES string of the molecule is CCc1cc2c(CN3CCN(Cc4nc(-c5ccc(OC)cc5)no4)CC3)cc(=O)oc2cc1O. The Morgan fingerprint density at radius 3 is 2.40 bits per heavy atom. The predicted molar refractivity (Wildman–Crippen MR) is 130 cm³/mol. The Bertz CT molecular complexity index is 1370. The summed E-state index contributed by atoms with van der Waals surface area (Å²) in [7, 11) is 1.63. The van der Waals surface area contributed by atoms with Crippen molar-refractivity contribution < 1.29 is 18.8 Å². The Hall–Kier alpha value is -3.69. The molecule has 1 fully saturated rings. The van der Waals surface area contributed by atoms with Gasteiger partial charge in [0.15, 0.2) is 0 Å². The minimum Gasteiger partial charge on any atom is -0.508 e. The van der Waals surface area contributed by atoms with Crippen LogP contribution in [0.4, 0.5) is 0 Å². The third-order valence-electron chi connectivity index (χ3n) is 6.44. The standard InChI is InChI=1S/C26H28N4O5/c1-3-17-12-21-19(13-25(32)34-23(21)14-22(17)31)15-29-8-10-30(11-9-29)16-24-27-26(28-35-24)18-4-6-20(33-2)7-5-18/h4-7,12-14,31H,3,8-11,15-16H2,1-2H3. The fourth-order valence-corrected chi connectivity index (χ4v) is 4.44. The largest absolute Gasteiger partial charge is 0.508 e. The highest BCUT2D eigenvalue weighted by Crippen LogP contribution is 2.28. The van der Waals surface area contributed by atoms with E-state index in [2.05, 4.69) is 19.9 Å². The molecule has 35 heavy (non-hydrogen) atoms. The van der Waals surface area contributed by atoms with Crippen LogP contribution in [0.2, 0.25) is 0 Å². The lowest BCUT2D eigenvalue weighted by molar-refractivity contribution is 0.112. The van der Waals surface area contributed by atoms with E-state index in [1.165, 1.54) is 0 Å². The van der Waals surface area contributed by atoms with Crippen molar-refractivity contribution in [3.05, 3.63) is 69.9 Å². The molecule has 0 spiro atoms. The molecule has 3 heterocycles.